The molecule has 2 N–H and O–H groups in total. The first-order valence-corrected chi connectivity index (χ1v) is 9.49. The number of likely N-dealkylation sites (tertiary alicyclic amines) is 1. The number of amides is 3. The number of nitrogens with zero attached hydrogens (tertiary/aromatic N) is 1. The van der Waals surface area contributed by atoms with Crippen molar-refractivity contribution in [2.45, 2.75) is 32.6 Å². The van der Waals surface area contributed by atoms with E-state index in [0.29, 0.717) is 37.4 Å². The van der Waals surface area contributed by atoms with Gasteiger partial charge in [-0.2, -0.15) is 0 Å². The zero-order valence-electron chi connectivity index (χ0n) is 15.9. The summed E-state index contributed by atoms with van der Waals surface area (Å²) in [6, 6.07) is 5.52. The molecular weight excluding hydrogens is 346 g/mol. The second-order valence-corrected chi connectivity index (χ2v) is 7.34. The zero-order chi connectivity index (χ0) is 19.4. The Hall–Kier alpha value is -2.57. The van der Waals surface area contributed by atoms with Crippen LogP contribution in [-0.2, 0) is 14.4 Å². The van der Waals surface area contributed by atoms with Gasteiger partial charge in [-0.15, -0.1) is 0 Å². The van der Waals surface area contributed by atoms with Crippen LogP contribution in [0.2, 0.25) is 0 Å². The lowest BCUT2D eigenvalue weighted by molar-refractivity contribution is -0.136. The first-order chi connectivity index (χ1) is 13.0. The Labute approximate surface area is 159 Å². The Morgan fingerprint density at radius 2 is 1.81 bits per heavy atom. The molecule has 3 rings (SSSR count). The van der Waals surface area contributed by atoms with Crippen LogP contribution < -0.4 is 15.4 Å². The maximum absolute atomic E-state index is 12.3. The lowest BCUT2D eigenvalue weighted by Gasteiger charge is -2.31. The lowest BCUT2D eigenvalue weighted by atomic mass is 9.95. The molecule has 1 saturated carbocycles. The van der Waals surface area contributed by atoms with Gasteiger partial charge in [0.05, 0.1) is 19.3 Å². The van der Waals surface area contributed by atoms with Crippen LogP contribution in [0.5, 0.6) is 5.75 Å². The van der Waals surface area contributed by atoms with E-state index in [1.807, 2.05) is 24.0 Å². The van der Waals surface area contributed by atoms with Gasteiger partial charge in [-0.05, 0) is 50.3 Å². The van der Waals surface area contributed by atoms with Crippen LogP contribution in [0.15, 0.2) is 18.2 Å². The normalized spacial score (nSPS) is 17.3. The van der Waals surface area contributed by atoms with Crippen molar-refractivity contribution >= 4 is 23.4 Å². The predicted octanol–water partition coefficient (Wildman–Crippen LogP) is 1.71. The number of nitrogens with one attached hydrogen (secondary N) is 2. The Morgan fingerprint density at radius 1 is 1.11 bits per heavy atom. The van der Waals surface area contributed by atoms with Gasteiger partial charge in [0.15, 0.2) is 0 Å². The van der Waals surface area contributed by atoms with Gasteiger partial charge in [-0.25, -0.2) is 0 Å². The van der Waals surface area contributed by atoms with E-state index in [2.05, 4.69) is 10.6 Å². The molecule has 1 aliphatic carbocycles. The van der Waals surface area contributed by atoms with Crippen LogP contribution >= 0.6 is 0 Å². The fraction of sp³-hybridized carbons (Fsp3) is 0.550. The second kappa shape index (κ2) is 8.41. The first-order valence-electron chi connectivity index (χ1n) is 9.49. The van der Waals surface area contributed by atoms with Gasteiger partial charge in [0, 0.05) is 24.9 Å². The Bertz CT molecular complexity index is 722. The number of benzene rings is 1. The summed E-state index contributed by atoms with van der Waals surface area (Å²) in [6.45, 7) is 3.09. The van der Waals surface area contributed by atoms with Crippen LogP contribution in [0.25, 0.3) is 0 Å². The van der Waals surface area contributed by atoms with Crippen LogP contribution in [0.3, 0.4) is 0 Å². The van der Waals surface area contributed by atoms with Crippen molar-refractivity contribution < 1.29 is 19.1 Å². The number of piperidine rings is 1. The molecule has 0 bridgehead atoms. The Morgan fingerprint density at radius 3 is 2.44 bits per heavy atom. The summed E-state index contributed by atoms with van der Waals surface area (Å²) in [4.78, 5) is 38.4. The average Bonchev–Trinajstić information content (AvgIpc) is 3.51. The monoisotopic (exact) mass is 373 g/mol. The van der Waals surface area contributed by atoms with Crippen molar-refractivity contribution in [2.75, 3.05) is 32.1 Å². The number of aryl methyl sites for hydroxylation is 1. The van der Waals surface area contributed by atoms with Crippen molar-refractivity contribution in [1.29, 1.82) is 0 Å². The lowest BCUT2D eigenvalue weighted by Crippen LogP contribution is -2.44. The third-order valence-electron chi connectivity index (χ3n) is 5.16. The highest BCUT2D eigenvalue weighted by Crippen LogP contribution is 2.32. The topological polar surface area (TPSA) is 87.7 Å². The van der Waals surface area contributed by atoms with Gasteiger partial charge in [-0.1, -0.05) is 6.07 Å². The number of carbonyl (C=O) groups excluding carboxylic acids is 3. The molecule has 1 saturated heterocycles. The SMILES string of the molecule is COc1ccc(C)cc1NC(=O)CNC(=O)C1CCN(C(=O)C2CC2)CC1. The average molecular weight is 373 g/mol. The standard InChI is InChI=1S/C20H27N3O4/c1-13-3-6-17(27-2)16(11-13)22-18(24)12-21-19(25)14-7-9-23(10-8-14)20(26)15-4-5-15/h3,6,11,14-15H,4-5,7-10,12H2,1-2H3,(H,21,25)(H,22,24). The number of rotatable bonds is 6. The van der Waals surface area contributed by atoms with E-state index in [9.17, 15) is 14.4 Å². The minimum absolute atomic E-state index is 0.0862. The summed E-state index contributed by atoms with van der Waals surface area (Å²) in [7, 11) is 1.54. The molecule has 146 valence electrons. The van der Waals surface area contributed by atoms with Crippen molar-refractivity contribution in [3.05, 3.63) is 23.8 Å². The first kappa shape index (κ1) is 19.2. The largest absolute Gasteiger partial charge is 0.495 e. The fourth-order valence-corrected chi connectivity index (χ4v) is 3.38. The molecule has 1 heterocycles. The molecule has 1 aromatic rings. The van der Waals surface area contributed by atoms with E-state index >= 15 is 0 Å². The molecule has 0 aromatic heterocycles. The molecule has 2 fully saturated rings. The molecule has 0 atom stereocenters. The minimum atomic E-state index is -0.298. The van der Waals surface area contributed by atoms with Crippen molar-refractivity contribution in [3.8, 4) is 5.75 Å². The van der Waals surface area contributed by atoms with Crippen LogP contribution in [0, 0.1) is 18.8 Å². The maximum atomic E-state index is 12.3. The number of hydrogen-bond acceptors (Lipinski definition) is 4. The summed E-state index contributed by atoms with van der Waals surface area (Å²) >= 11 is 0. The molecule has 3 amide bonds. The van der Waals surface area contributed by atoms with Crippen LogP contribution in [-0.4, -0.2) is 49.4 Å². The van der Waals surface area contributed by atoms with Crippen molar-refractivity contribution in [3.63, 3.8) is 0 Å². The van der Waals surface area contributed by atoms with E-state index < -0.39 is 0 Å². The summed E-state index contributed by atoms with van der Waals surface area (Å²) in [5.41, 5.74) is 1.59. The highest BCUT2D eigenvalue weighted by atomic mass is 16.5. The predicted molar refractivity (Wildman–Crippen MR) is 101 cm³/mol. The molecule has 27 heavy (non-hydrogen) atoms. The molecule has 7 nitrogen and oxygen atoms in total. The molecular formula is C20H27N3O4. The third kappa shape index (κ3) is 4.99. The third-order valence-corrected chi connectivity index (χ3v) is 5.16. The van der Waals surface area contributed by atoms with Gasteiger partial charge in [-0.3, -0.25) is 14.4 Å². The molecule has 0 spiro atoms. The summed E-state index contributed by atoms with van der Waals surface area (Å²) < 4.78 is 5.24. The van der Waals surface area contributed by atoms with E-state index in [0.717, 1.165) is 18.4 Å². The van der Waals surface area contributed by atoms with E-state index in [-0.39, 0.29) is 36.1 Å². The second-order valence-electron chi connectivity index (χ2n) is 7.34. The number of anilines is 1. The quantitative estimate of drug-likeness (QED) is 0.795. The highest BCUT2D eigenvalue weighted by Gasteiger charge is 2.35. The van der Waals surface area contributed by atoms with Gasteiger partial charge in [0.1, 0.15) is 5.75 Å². The summed E-state index contributed by atoms with van der Waals surface area (Å²) in [5.74, 6) is 0.467. The highest BCUT2D eigenvalue weighted by molar-refractivity contribution is 5.96. The summed E-state index contributed by atoms with van der Waals surface area (Å²) in [6.07, 6.45) is 3.30. The van der Waals surface area contributed by atoms with Gasteiger partial charge in [0.2, 0.25) is 17.7 Å². The fourth-order valence-electron chi connectivity index (χ4n) is 3.38. The molecule has 0 radical (unpaired) electrons. The minimum Gasteiger partial charge on any atom is -0.495 e. The number of hydrogen-bond donors (Lipinski definition) is 2. The molecule has 0 unspecified atom stereocenters. The maximum Gasteiger partial charge on any atom is 0.243 e. The Kier molecular flexibility index (Phi) is 5.98. The number of carbonyl (C=O) groups is 3. The number of ether oxygens (including phenoxy) is 1. The van der Waals surface area contributed by atoms with Gasteiger partial charge >= 0.3 is 0 Å². The smallest absolute Gasteiger partial charge is 0.243 e. The van der Waals surface area contributed by atoms with E-state index in [4.69, 9.17) is 4.74 Å². The van der Waals surface area contributed by atoms with Crippen molar-refractivity contribution in [2.24, 2.45) is 11.8 Å². The van der Waals surface area contributed by atoms with E-state index in [1.54, 1.807) is 13.2 Å². The van der Waals surface area contributed by atoms with Crippen LogP contribution in [0.1, 0.15) is 31.2 Å². The molecule has 2 aliphatic rings. The van der Waals surface area contributed by atoms with Crippen LogP contribution in [0.4, 0.5) is 5.69 Å². The molecule has 1 aliphatic heterocycles. The van der Waals surface area contributed by atoms with Gasteiger partial charge in [0.25, 0.3) is 0 Å². The molecule has 7 heteroatoms. The Balaban J connectivity index is 1.43. The number of methoxy groups -OCH3 is 1. The molecule has 1 aromatic carbocycles. The van der Waals surface area contributed by atoms with Gasteiger partial charge < -0.3 is 20.3 Å². The van der Waals surface area contributed by atoms with E-state index in [1.165, 1.54) is 0 Å². The zero-order valence-corrected chi connectivity index (χ0v) is 15.9. The summed E-state index contributed by atoms with van der Waals surface area (Å²) in [5, 5.41) is 5.48. The van der Waals surface area contributed by atoms with Crippen molar-refractivity contribution in [1.82, 2.24) is 10.2 Å².